The molecule has 0 saturated carbocycles. The van der Waals surface area contributed by atoms with Crippen LogP contribution in [0, 0.1) is 0 Å². The summed E-state index contributed by atoms with van der Waals surface area (Å²) in [5.41, 5.74) is 12.1. The van der Waals surface area contributed by atoms with Gasteiger partial charge < -0.3 is 21.9 Å². The van der Waals surface area contributed by atoms with E-state index in [0.29, 0.717) is 17.1 Å². The van der Waals surface area contributed by atoms with Crippen molar-refractivity contribution < 1.29 is 13.9 Å². The Balaban J connectivity index is 2.62. The van der Waals surface area contributed by atoms with E-state index in [1.165, 1.54) is 12.1 Å². The van der Waals surface area contributed by atoms with Gasteiger partial charge in [0.15, 0.2) is 0 Å². The van der Waals surface area contributed by atoms with Crippen LogP contribution in [-0.2, 0) is 0 Å². The van der Waals surface area contributed by atoms with Gasteiger partial charge in [-0.25, -0.2) is 8.78 Å². The lowest BCUT2D eigenvalue weighted by Crippen LogP contribution is -2.31. The van der Waals surface area contributed by atoms with E-state index in [1.807, 2.05) is 0 Å². The van der Waals surface area contributed by atoms with Crippen LogP contribution in [0.4, 0.5) is 25.8 Å². The number of nitrogens with two attached hydrogens (primary N) is 2. The summed E-state index contributed by atoms with van der Waals surface area (Å²) >= 11 is 0. The zero-order chi connectivity index (χ0) is 11.5. The molecule has 6 N–H and O–H groups in total. The number of benzene rings is 1. The van der Waals surface area contributed by atoms with Gasteiger partial charge in [-0.1, -0.05) is 0 Å². The van der Waals surface area contributed by atoms with Crippen LogP contribution < -0.4 is 16.8 Å². The lowest BCUT2D eigenvalue weighted by atomic mass is 10.2. The van der Waals surface area contributed by atoms with Gasteiger partial charge in [0.1, 0.15) is 6.61 Å². The Kier molecular flexibility index (Phi) is 3.31. The van der Waals surface area contributed by atoms with Crippen LogP contribution in [0.1, 0.15) is 0 Å². The number of hydrogen-bond donors (Lipinski definition) is 4. The van der Waals surface area contributed by atoms with Crippen molar-refractivity contribution in [2.24, 2.45) is 0 Å². The fraction of sp³-hybridized carbons (Fsp3) is 0.333. The van der Waals surface area contributed by atoms with Crippen molar-refractivity contribution in [3.8, 4) is 0 Å². The van der Waals surface area contributed by atoms with Crippen LogP contribution in [-0.4, -0.2) is 24.2 Å². The number of anilines is 3. The Morgan fingerprint density at radius 1 is 1.27 bits per heavy atom. The van der Waals surface area contributed by atoms with Crippen LogP contribution in [0.25, 0.3) is 0 Å². The first kappa shape index (κ1) is 11.5. The molecule has 1 aromatic carbocycles. The standard InChI is InChI=1S/C9H13F2N3O/c10-9(11,5-15)4-14-6-1-2-7(12)8(13)3-6/h1-3,14-15H,4-5,12-13H2. The third-order valence-electron chi connectivity index (χ3n) is 1.87. The molecule has 0 bridgehead atoms. The second kappa shape index (κ2) is 4.31. The van der Waals surface area contributed by atoms with Crippen molar-refractivity contribution in [1.82, 2.24) is 0 Å². The Labute approximate surface area is 85.9 Å². The first-order valence-electron chi connectivity index (χ1n) is 4.32. The fourth-order valence-corrected chi connectivity index (χ4v) is 0.972. The van der Waals surface area contributed by atoms with E-state index < -0.39 is 19.1 Å². The largest absolute Gasteiger partial charge is 0.397 e. The number of aliphatic hydroxyl groups excluding tert-OH is 1. The monoisotopic (exact) mass is 217 g/mol. The Bertz CT molecular complexity index is 344. The quantitative estimate of drug-likeness (QED) is 0.564. The summed E-state index contributed by atoms with van der Waals surface area (Å²) in [6.07, 6.45) is 0. The highest BCUT2D eigenvalue weighted by Crippen LogP contribution is 2.21. The molecule has 1 rings (SSSR count). The molecule has 0 aromatic heterocycles. The molecule has 0 fully saturated rings. The van der Waals surface area contributed by atoms with Gasteiger partial charge in [-0.2, -0.15) is 0 Å². The molecule has 0 atom stereocenters. The highest BCUT2D eigenvalue weighted by atomic mass is 19.3. The summed E-state index contributed by atoms with van der Waals surface area (Å²) in [5, 5.41) is 10.8. The Hall–Kier alpha value is -1.56. The number of nitrogen functional groups attached to an aromatic ring is 2. The number of rotatable bonds is 4. The van der Waals surface area contributed by atoms with E-state index in [1.54, 1.807) is 6.07 Å². The maximum absolute atomic E-state index is 12.6. The summed E-state index contributed by atoms with van der Waals surface area (Å²) in [6, 6.07) is 4.52. The highest BCUT2D eigenvalue weighted by molar-refractivity contribution is 5.69. The van der Waals surface area contributed by atoms with E-state index in [4.69, 9.17) is 16.6 Å². The number of aliphatic hydroxyl groups is 1. The van der Waals surface area contributed by atoms with E-state index in [9.17, 15) is 8.78 Å². The number of halogens is 2. The first-order valence-corrected chi connectivity index (χ1v) is 4.32. The van der Waals surface area contributed by atoms with Gasteiger partial charge in [0.25, 0.3) is 5.92 Å². The van der Waals surface area contributed by atoms with Gasteiger partial charge in [0.05, 0.1) is 17.9 Å². The van der Waals surface area contributed by atoms with Crippen molar-refractivity contribution in [2.45, 2.75) is 5.92 Å². The summed E-state index contributed by atoms with van der Waals surface area (Å²) in [7, 11) is 0. The van der Waals surface area contributed by atoms with Gasteiger partial charge >= 0.3 is 0 Å². The maximum Gasteiger partial charge on any atom is 0.287 e. The Morgan fingerprint density at radius 3 is 2.47 bits per heavy atom. The zero-order valence-electron chi connectivity index (χ0n) is 8.00. The van der Waals surface area contributed by atoms with Crippen molar-refractivity contribution in [1.29, 1.82) is 0 Å². The van der Waals surface area contributed by atoms with Crippen molar-refractivity contribution in [2.75, 3.05) is 29.9 Å². The average Bonchev–Trinajstić information content (AvgIpc) is 2.20. The van der Waals surface area contributed by atoms with Crippen molar-refractivity contribution in [3.63, 3.8) is 0 Å². The predicted octanol–water partition coefficient (Wildman–Crippen LogP) is 0.891. The first-order chi connectivity index (χ1) is 6.94. The van der Waals surface area contributed by atoms with E-state index in [0.717, 1.165) is 0 Å². The van der Waals surface area contributed by atoms with Crippen LogP contribution in [0.3, 0.4) is 0 Å². The highest BCUT2D eigenvalue weighted by Gasteiger charge is 2.27. The van der Waals surface area contributed by atoms with Gasteiger partial charge in [0.2, 0.25) is 0 Å². The SMILES string of the molecule is Nc1ccc(NCC(F)(F)CO)cc1N. The number of nitrogens with one attached hydrogen (secondary N) is 1. The van der Waals surface area contributed by atoms with Gasteiger partial charge in [-0.3, -0.25) is 0 Å². The molecule has 0 aliphatic rings. The third-order valence-corrected chi connectivity index (χ3v) is 1.87. The zero-order valence-corrected chi connectivity index (χ0v) is 8.00. The summed E-state index contributed by atoms with van der Waals surface area (Å²) in [6.45, 7) is -1.84. The van der Waals surface area contributed by atoms with Crippen molar-refractivity contribution in [3.05, 3.63) is 18.2 Å². The molecule has 1 aromatic rings. The molecule has 0 aliphatic carbocycles. The average molecular weight is 217 g/mol. The molecule has 6 heteroatoms. The fourth-order valence-electron chi connectivity index (χ4n) is 0.972. The molecule has 0 amide bonds. The molecular formula is C9H13F2N3O. The molecule has 84 valence electrons. The maximum atomic E-state index is 12.6. The van der Waals surface area contributed by atoms with Crippen LogP contribution in [0.5, 0.6) is 0 Å². The predicted molar refractivity (Wildman–Crippen MR) is 55.8 cm³/mol. The topological polar surface area (TPSA) is 84.3 Å². The van der Waals surface area contributed by atoms with Crippen LogP contribution >= 0.6 is 0 Å². The third kappa shape index (κ3) is 3.25. The lowest BCUT2D eigenvalue weighted by Gasteiger charge is -2.15. The second-order valence-corrected chi connectivity index (χ2v) is 3.21. The van der Waals surface area contributed by atoms with Crippen LogP contribution in [0.2, 0.25) is 0 Å². The smallest absolute Gasteiger partial charge is 0.287 e. The molecule has 0 heterocycles. The molecular weight excluding hydrogens is 204 g/mol. The van der Waals surface area contributed by atoms with E-state index in [-0.39, 0.29) is 0 Å². The number of hydrogen-bond acceptors (Lipinski definition) is 4. The van der Waals surface area contributed by atoms with E-state index in [2.05, 4.69) is 5.32 Å². The molecule has 0 spiro atoms. The van der Waals surface area contributed by atoms with Gasteiger partial charge in [-0.05, 0) is 18.2 Å². The minimum Gasteiger partial charge on any atom is -0.397 e. The molecule has 0 aliphatic heterocycles. The normalized spacial score (nSPS) is 11.4. The molecule has 0 unspecified atom stereocenters. The molecule has 15 heavy (non-hydrogen) atoms. The molecule has 0 radical (unpaired) electrons. The number of alkyl halides is 2. The van der Waals surface area contributed by atoms with Crippen LogP contribution in [0.15, 0.2) is 18.2 Å². The lowest BCUT2D eigenvalue weighted by molar-refractivity contribution is -0.0372. The molecule has 0 saturated heterocycles. The van der Waals surface area contributed by atoms with Gasteiger partial charge in [0, 0.05) is 5.69 Å². The minimum atomic E-state index is -3.14. The van der Waals surface area contributed by atoms with E-state index >= 15 is 0 Å². The second-order valence-electron chi connectivity index (χ2n) is 3.21. The van der Waals surface area contributed by atoms with Crippen molar-refractivity contribution >= 4 is 17.1 Å². The summed E-state index contributed by atoms with van der Waals surface area (Å²) in [4.78, 5) is 0. The van der Waals surface area contributed by atoms with Gasteiger partial charge in [-0.15, -0.1) is 0 Å². The Morgan fingerprint density at radius 2 is 1.93 bits per heavy atom. The summed E-state index contributed by atoms with van der Waals surface area (Å²) in [5.74, 6) is -3.14. The summed E-state index contributed by atoms with van der Waals surface area (Å²) < 4.78 is 25.3. The molecule has 4 nitrogen and oxygen atoms in total. The minimum absolute atomic E-state index is 0.326.